The number of halogens is 1. The number of allylic oxidation sites excluding steroid dienone is 1. The molecule has 5 heteroatoms. The molecule has 1 N–H and O–H groups in total. The molecule has 0 radical (unpaired) electrons. The summed E-state index contributed by atoms with van der Waals surface area (Å²) in [6.07, 6.45) is 2.99. The van der Waals surface area contributed by atoms with E-state index in [1.807, 2.05) is 26.0 Å². The number of hydrogen-bond donors (Lipinski definition) is 1. The van der Waals surface area contributed by atoms with Crippen molar-refractivity contribution in [1.29, 1.82) is 0 Å². The molecular weight excluding hydrogens is 397 g/mol. The summed E-state index contributed by atoms with van der Waals surface area (Å²) in [6, 6.07) is 3.99. The fourth-order valence-electron chi connectivity index (χ4n) is 4.72. The van der Waals surface area contributed by atoms with E-state index in [0.717, 1.165) is 33.7 Å². The number of aryl methyl sites for hydroxylation is 3. The summed E-state index contributed by atoms with van der Waals surface area (Å²) in [4.78, 5) is 15.1. The predicted octanol–water partition coefficient (Wildman–Crippen LogP) is 6.05. The average molecular weight is 430 g/mol. The summed E-state index contributed by atoms with van der Waals surface area (Å²) >= 11 is 1.60. The van der Waals surface area contributed by atoms with E-state index >= 15 is 0 Å². The highest BCUT2D eigenvalue weighted by molar-refractivity contribution is 7.14. The number of rotatable bonds is 8. The molecule has 162 valence electrons. The number of fused-ring (bicyclic) bond motifs is 1. The lowest BCUT2D eigenvalue weighted by Gasteiger charge is -2.21. The summed E-state index contributed by atoms with van der Waals surface area (Å²) in [5.74, 6) is 2.10. The van der Waals surface area contributed by atoms with Gasteiger partial charge in [-0.1, -0.05) is 32.1 Å². The first-order chi connectivity index (χ1) is 14.3. The molecule has 1 aromatic carbocycles. The van der Waals surface area contributed by atoms with Crippen molar-refractivity contribution in [1.82, 2.24) is 5.32 Å². The zero-order chi connectivity index (χ0) is 22.0. The van der Waals surface area contributed by atoms with Crippen molar-refractivity contribution in [2.75, 3.05) is 13.3 Å². The molecule has 0 fully saturated rings. The molecule has 1 aliphatic rings. The molecule has 0 saturated heterocycles. The number of hydrogen-bond acceptors (Lipinski definition) is 3. The lowest BCUT2D eigenvalue weighted by atomic mass is 9.84. The summed E-state index contributed by atoms with van der Waals surface area (Å²) in [5, 5.41) is 3.10. The van der Waals surface area contributed by atoms with Crippen molar-refractivity contribution in [3.8, 4) is 5.75 Å². The summed E-state index contributed by atoms with van der Waals surface area (Å²) in [6.45, 7) is 14.6. The van der Waals surface area contributed by atoms with Crippen LogP contribution in [0.15, 0.2) is 24.8 Å². The Kier molecular flexibility index (Phi) is 7.02. The van der Waals surface area contributed by atoms with E-state index in [2.05, 4.69) is 38.7 Å². The molecule has 1 aliphatic carbocycles. The third-order valence-electron chi connectivity index (χ3n) is 6.08. The van der Waals surface area contributed by atoms with Crippen molar-refractivity contribution in [2.45, 2.75) is 53.5 Å². The fourth-order valence-corrected chi connectivity index (χ4v) is 5.88. The number of benzene rings is 1. The molecule has 1 heterocycles. The van der Waals surface area contributed by atoms with E-state index in [1.165, 1.54) is 16.0 Å². The second-order valence-corrected chi connectivity index (χ2v) is 9.76. The maximum absolute atomic E-state index is 13.0. The van der Waals surface area contributed by atoms with Crippen LogP contribution in [0.5, 0.6) is 5.75 Å². The van der Waals surface area contributed by atoms with Crippen LogP contribution in [0.25, 0.3) is 0 Å². The van der Waals surface area contributed by atoms with Crippen LogP contribution in [-0.2, 0) is 13.0 Å². The Balaban J connectivity index is 1.76. The van der Waals surface area contributed by atoms with Gasteiger partial charge < -0.3 is 10.1 Å². The quantitative estimate of drug-likeness (QED) is 0.519. The van der Waals surface area contributed by atoms with E-state index in [9.17, 15) is 9.18 Å². The zero-order valence-corrected chi connectivity index (χ0v) is 19.4. The van der Waals surface area contributed by atoms with Gasteiger partial charge in [0.1, 0.15) is 19.0 Å². The van der Waals surface area contributed by atoms with Crippen LogP contribution in [-0.4, -0.2) is 19.2 Å². The van der Waals surface area contributed by atoms with Crippen LogP contribution < -0.4 is 10.1 Å². The van der Waals surface area contributed by atoms with Crippen LogP contribution >= 0.6 is 11.3 Å². The third-order valence-corrected chi connectivity index (χ3v) is 7.24. The lowest BCUT2D eigenvalue weighted by Crippen LogP contribution is -2.23. The van der Waals surface area contributed by atoms with Gasteiger partial charge in [-0.2, -0.15) is 0 Å². The van der Waals surface area contributed by atoms with Crippen LogP contribution in [0.1, 0.15) is 62.1 Å². The van der Waals surface area contributed by atoms with Crippen LogP contribution in [0.2, 0.25) is 0 Å². The van der Waals surface area contributed by atoms with Gasteiger partial charge in [-0.15, -0.1) is 17.9 Å². The van der Waals surface area contributed by atoms with Crippen molar-refractivity contribution in [3.63, 3.8) is 0 Å². The normalized spacial score (nSPS) is 17.8. The maximum Gasteiger partial charge on any atom is 0.261 e. The summed E-state index contributed by atoms with van der Waals surface area (Å²) < 4.78 is 17.9. The van der Waals surface area contributed by atoms with E-state index in [-0.39, 0.29) is 12.5 Å². The lowest BCUT2D eigenvalue weighted by molar-refractivity contribution is 0.0954. The predicted molar refractivity (Wildman–Crippen MR) is 123 cm³/mol. The molecule has 30 heavy (non-hydrogen) atoms. The molecule has 2 atom stereocenters. The monoisotopic (exact) mass is 429 g/mol. The molecule has 0 aliphatic heterocycles. The Morgan fingerprint density at radius 3 is 2.57 bits per heavy atom. The van der Waals surface area contributed by atoms with Gasteiger partial charge in [0.15, 0.2) is 0 Å². The van der Waals surface area contributed by atoms with Crippen LogP contribution in [0.4, 0.5) is 4.39 Å². The molecular formula is C25H32FNO2S. The van der Waals surface area contributed by atoms with Gasteiger partial charge in [-0.3, -0.25) is 4.79 Å². The Morgan fingerprint density at radius 1 is 1.33 bits per heavy atom. The Morgan fingerprint density at radius 2 is 2.00 bits per heavy atom. The highest BCUT2D eigenvalue weighted by Crippen LogP contribution is 2.48. The highest BCUT2D eigenvalue weighted by Gasteiger charge is 2.38. The Bertz CT molecular complexity index is 924. The topological polar surface area (TPSA) is 38.3 Å². The van der Waals surface area contributed by atoms with Crippen LogP contribution in [0.3, 0.4) is 0 Å². The van der Waals surface area contributed by atoms with E-state index in [4.69, 9.17) is 4.74 Å². The van der Waals surface area contributed by atoms with Gasteiger partial charge in [-0.05, 0) is 66.8 Å². The molecule has 1 aromatic heterocycles. The van der Waals surface area contributed by atoms with Gasteiger partial charge in [0.2, 0.25) is 0 Å². The minimum atomic E-state index is -0.508. The molecule has 3 nitrogen and oxygen atoms in total. The molecule has 0 saturated carbocycles. The Hall–Kier alpha value is -2.14. The first-order valence-electron chi connectivity index (χ1n) is 10.6. The standard InChI is InChI=1S/C25H32FNO2S/c1-7-19-20(14(2)3)12-21-22(19)17(6)30-24(21)25(28)27-13-18-10-15(4)23(16(5)11-18)29-9-8-26/h7,10-11,14,19-20H,1,8-9,12-13H2,2-6H3,(H,27,28)/t19-,20?/m1/s1. The minimum Gasteiger partial charge on any atom is -0.490 e. The number of ether oxygens (including phenoxy) is 1. The third kappa shape index (κ3) is 4.31. The van der Waals surface area contributed by atoms with E-state index < -0.39 is 6.67 Å². The second-order valence-electron chi connectivity index (χ2n) is 8.53. The number of alkyl halides is 1. The van der Waals surface area contributed by atoms with Crippen LogP contribution in [0, 0.1) is 32.6 Å². The largest absolute Gasteiger partial charge is 0.490 e. The molecule has 1 unspecified atom stereocenters. The highest BCUT2D eigenvalue weighted by atomic mass is 32.1. The van der Waals surface area contributed by atoms with E-state index in [0.29, 0.717) is 24.3 Å². The first kappa shape index (κ1) is 22.5. The van der Waals surface area contributed by atoms with Gasteiger partial charge in [0, 0.05) is 17.3 Å². The maximum atomic E-state index is 13.0. The van der Waals surface area contributed by atoms with Crippen molar-refractivity contribution < 1.29 is 13.9 Å². The van der Waals surface area contributed by atoms with Gasteiger partial charge in [-0.25, -0.2) is 4.39 Å². The molecule has 2 aromatic rings. The van der Waals surface area contributed by atoms with E-state index in [1.54, 1.807) is 11.3 Å². The van der Waals surface area contributed by atoms with Crippen molar-refractivity contribution >= 4 is 17.2 Å². The van der Waals surface area contributed by atoms with Crippen molar-refractivity contribution in [3.05, 3.63) is 62.4 Å². The molecule has 3 rings (SSSR count). The van der Waals surface area contributed by atoms with Crippen molar-refractivity contribution in [2.24, 2.45) is 11.8 Å². The SMILES string of the molecule is C=C[C@H]1c2c(C)sc(C(=O)NCc3cc(C)c(OCCF)c(C)c3)c2CC1C(C)C. The number of nitrogens with one attached hydrogen (secondary N) is 1. The number of amides is 1. The average Bonchev–Trinajstić information content (AvgIpc) is 3.23. The Labute approximate surface area is 183 Å². The van der Waals surface area contributed by atoms with Gasteiger partial charge in [0.25, 0.3) is 5.91 Å². The molecule has 0 spiro atoms. The summed E-state index contributed by atoms with van der Waals surface area (Å²) in [5.41, 5.74) is 5.45. The number of thiophene rings is 1. The molecule has 1 amide bonds. The fraction of sp³-hybridized carbons (Fsp3) is 0.480. The second kappa shape index (κ2) is 9.34. The van der Waals surface area contributed by atoms with Gasteiger partial charge >= 0.3 is 0 Å². The number of carbonyl (C=O) groups excluding carboxylic acids is 1. The smallest absolute Gasteiger partial charge is 0.261 e. The zero-order valence-electron chi connectivity index (χ0n) is 18.6. The minimum absolute atomic E-state index is 0.00960. The van der Waals surface area contributed by atoms with Gasteiger partial charge in [0.05, 0.1) is 4.88 Å². The number of carbonyl (C=O) groups is 1. The summed E-state index contributed by atoms with van der Waals surface area (Å²) in [7, 11) is 0. The first-order valence-corrected chi connectivity index (χ1v) is 11.4. The molecule has 0 bridgehead atoms.